The van der Waals surface area contributed by atoms with E-state index in [1.807, 2.05) is 55.5 Å². The second-order valence-electron chi connectivity index (χ2n) is 5.04. The zero-order valence-corrected chi connectivity index (χ0v) is 15.0. The first kappa shape index (κ1) is 16.8. The number of fused-ring (bicyclic) bond motifs is 1. The van der Waals surface area contributed by atoms with Crippen LogP contribution in [0, 0.1) is 0 Å². The molecule has 3 rings (SSSR count). The average molecular weight is 358 g/mol. The van der Waals surface area contributed by atoms with Crippen molar-refractivity contribution in [2.45, 2.75) is 18.2 Å². The van der Waals surface area contributed by atoms with Crippen LogP contribution in [0.4, 0.5) is 5.13 Å². The minimum Gasteiger partial charge on any atom is -0.494 e. The Morgan fingerprint density at radius 3 is 2.88 bits per heavy atom. The summed E-state index contributed by atoms with van der Waals surface area (Å²) < 4.78 is 6.50. The first-order valence-electron chi connectivity index (χ1n) is 7.75. The summed E-state index contributed by atoms with van der Waals surface area (Å²) in [5, 5.41) is 3.52. The monoisotopic (exact) mass is 358 g/mol. The first-order chi connectivity index (χ1) is 11.7. The number of carbonyl (C=O) groups is 1. The van der Waals surface area contributed by atoms with Gasteiger partial charge in [-0.2, -0.15) is 0 Å². The molecule has 1 N–H and O–H groups in total. The number of rotatable bonds is 7. The van der Waals surface area contributed by atoms with Crippen molar-refractivity contribution in [3.05, 3.63) is 48.5 Å². The number of thiazole rings is 1. The van der Waals surface area contributed by atoms with Crippen LogP contribution in [0.3, 0.4) is 0 Å². The van der Waals surface area contributed by atoms with Gasteiger partial charge in [-0.3, -0.25) is 4.79 Å². The maximum Gasteiger partial charge on any atom is 0.226 e. The molecule has 0 atom stereocenters. The van der Waals surface area contributed by atoms with Crippen LogP contribution in [0.15, 0.2) is 53.4 Å². The molecule has 1 aromatic heterocycles. The second-order valence-corrected chi connectivity index (χ2v) is 7.24. The molecule has 0 fully saturated rings. The Balaban J connectivity index is 1.55. The molecule has 2 aromatic carbocycles. The molecule has 1 amide bonds. The summed E-state index contributed by atoms with van der Waals surface area (Å²) in [6, 6.07) is 15.8. The summed E-state index contributed by atoms with van der Waals surface area (Å²) >= 11 is 3.14. The Hall–Kier alpha value is -2.05. The van der Waals surface area contributed by atoms with E-state index in [1.54, 1.807) is 11.8 Å². The van der Waals surface area contributed by atoms with Gasteiger partial charge in [-0.15, -0.1) is 11.8 Å². The molecule has 0 aliphatic carbocycles. The number of nitrogens with one attached hydrogen (secondary N) is 1. The van der Waals surface area contributed by atoms with Crippen LogP contribution in [-0.2, 0) is 4.79 Å². The highest BCUT2D eigenvalue weighted by Crippen LogP contribution is 2.29. The van der Waals surface area contributed by atoms with Crippen molar-refractivity contribution in [1.29, 1.82) is 0 Å². The number of benzene rings is 2. The number of aromatic nitrogens is 1. The van der Waals surface area contributed by atoms with Crippen LogP contribution in [-0.4, -0.2) is 23.3 Å². The van der Waals surface area contributed by atoms with Gasteiger partial charge in [0.2, 0.25) is 5.91 Å². The molecule has 1 heterocycles. The third-order valence-electron chi connectivity index (χ3n) is 3.26. The lowest BCUT2D eigenvalue weighted by Crippen LogP contribution is -2.11. The number of carbonyl (C=O) groups excluding carboxylic acids is 1. The summed E-state index contributed by atoms with van der Waals surface area (Å²) in [7, 11) is 0. The van der Waals surface area contributed by atoms with Gasteiger partial charge < -0.3 is 10.1 Å². The highest BCUT2D eigenvalue weighted by molar-refractivity contribution is 7.99. The van der Waals surface area contributed by atoms with Crippen molar-refractivity contribution in [3.63, 3.8) is 0 Å². The summed E-state index contributed by atoms with van der Waals surface area (Å²) in [5.74, 6) is 1.56. The smallest absolute Gasteiger partial charge is 0.226 e. The van der Waals surface area contributed by atoms with Gasteiger partial charge in [0.25, 0.3) is 0 Å². The van der Waals surface area contributed by atoms with E-state index in [0.717, 1.165) is 21.7 Å². The summed E-state index contributed by atoms with van der Waals surface area (Å²) in [5.41, 5.74) is 0.873. The van der Waals surface area contributed by atoms with E-state index < -0.39 is 0 Å². The van der Waals surface area contributed by atoms with E-state index in [-0.39, 0.29) is 5.91 Å². The molecule has 0 bridgehead atoms. The number of thioether (sulfide) groups is 1. The third-order valence-corrected chi connectivity index (χ3v) is 5.21. The molecule has 0 aliphatic heterocycles. The number of nitrogens with zero attached hydrogens (tertiary/aromatic N) is 1. The second kappa shape index (κ2) is 8.17. The Morgan fingerprint density at radius 1 is 1.25 bits per heavy atom. The number of ether oxygens (including phenoxy) is 1. The highest BCUT2D eigenvalue weighted by atomic mass is 32.2. The zero-order chi connectivity index (χ0) is 16.8. The molecule has 0 aliphatic rings. The Bertz CT molecular complexity index is 818. The maximum absolute atomic E-state index is 12.1. The molecule has 0 unspecified atom stereocenters. The molecule has 124 valence electrons. The zero-order valence-electron chi connectivity index (χ0n) is 13.3. The van der Waals surface area contributed by atoms with Crippen LogP contribution in [0.25, 0.3) is 10.2 Å². The summed E-state index contributed by atoms with van der Waals surface area (Å²) in [6.45, 7) is 2.59. The Morgan fingerprint density at radius 2 is 2.08 bits per heavy atom. The highest BCUT2D eigenvalue weighted by Gasteiger charge is 2.09. The molecule has 6 heteroatoms. The van der Waals surface area contributed by atoms with Crippen LogP contribution in [0.2, 0.25) is 0 Å². The van der Waals surface area contributed by atoms with Gasteiger partial charge in [0.15, 0.2) is 5.13 Å². The molecule has 3 aromatic rings. The van der Waals surface area contributed by atoms with E-state index in [0.29, 0.717) is 18.2 Å². The minimum atomic E-state index is -0.0116. The van der Waals surface area contributed by atoms with Gasteiger partial charge >= 0.3 is 0 Å². The van der Waals surface area contributed by atoms with E-state index >= 15 is 0 Å². The number of amides is 1. The van der Waals surface area contributed by atoms with E-state index in [1.165, 1.54) is 16.2 Å². The molecule has 0 saturated carbocycles. The predicted molar refractivity (Wildman–Crippen MR) is 101 cm³/mol. The molecular formula is C18H18N2O2S2. The van der Waals surface area contributed by atoms with Crippen LogP contribution in [0.5, 0.6) is 5.75 Å². The first-order valence-corrected chi connectivity index (χ1v) is 9.56. The number of hydrogen-bond donors (Lipinski definition) is 1. The normalized spacial score (nSPS) is 10.7. The van der Waals surface area contributed by atoms with E-state index in [2.05, 4.69) is 10.3 Å². The molecule has 0 saturated heterocycles. The van der Waals surface area contributed by atoms with Gasteiger partial charge in [0.1, 0.15) is 5.75 Å². The fourth-order valence-corrected chi connectivity index (χ4v) is 3.96. The molecule has 0 spiro atoms. The topological polar surface area (TPSA) is 51.2 Å². The standard InChI is InChI=1S/C18H18N2O2S2/c1-2-22-13-8-9-15-16(12-13)24-18(19-15)20-17(21)10-11-23-14-6-4-3-5-7-14/h3-9,12H,2,10-11H2,1H3,(H,19,20,21). The van der Waals surface area contributed by atoms with Crippen LogP contribution in [0.1, 0.15) is 13.3 Å². The Labute approximate surface area is 149 Å². The minimum absolute atomic E-state index is 0.0116. The SMILES string of the molecule is CCOc1ccc2nc(NC(=O)CCSc3ccccc3)sc2c1. The lowest BCUT2D eigenvalue weighted by molar-refractivity contribution is -0.115. The van der Waals surface area contributed by atoms with Gasteiger partial charge in [0.05, 0.1) is 16.8 Å². The number of anilines is 1. The summed E-state index contributed by atoms with van der Waals surface area (Å²) in [4.78, 5) is 17.7. The van der Waals surface area contributed by atoms with Crippen molar-refractivity contribution in [3.8, 4) is 5.75 Å². The Kier molecular flexibility index (Phi) is 5.72. The third kappa shape index (κ3) is 4.49. The lowest BCUT2D eigenvalue weighted by Gasteiger charge is -2.02. The van der Waals surface area contributed by atoms with Crippen molar-refractivity contribution in [2.24, 2.45) is 0 Å². The predicted octanol–water partition coefficient (Wildman–Crippen LogP) is 4.82. The molecular weight excluding hydrogens is 340 g/mol. The molecule has 4 nitrogen and oxygen atoms in total. The van der Waals surface area contributed by atoms with E-state index in [9.17, 15) is 4.79 Å². The fraction of sp³-hybridized carbons (Fsp3) is 0.222. The average Bonchev–Trinajstić information content (AvgIpc) is 2.97. The van der Waals surface area contributed by atoms with Crippen LogP contribution >= 0.6 is 23.1 Å². The van der Waals surface area contributed by atoms with Crippen molar-refractivity contribution < 1.29 is 9.53 Å². The van der Waals surface area contributed by atoms with Gasteiger partial charge in [-0.1, -0.05) is 29.5 Å². The van der Waals surface area contributed by atoms with Crippen LogP contribution < -0.4 is 10.1 Å². The molecule has 0 radical (unpaired) electrons. The van der Waals surface area contributed by atoms with Crippen molar-refractivity contribution >= 4 is 44.4 Å². The lowest BCUT2D eigenvalue weighted by atomic mass is 10.3. The largest absolute Gasteiger partial charge is 0.494 e. The van der Waals surface area contributed by atoms with Gasteiger partial charge in [-0.05, 0) is 37.3 Å². The maximum atomic E-state index is 12.1. The number of hydrogen-bond acceptors (Lipinski definition) is 5. The van der Waals surface area contributed by atoms with Gasteiger partial charge in [-0.25, -0.2) is 4.98 Å². The van der Waals surface area contributed by atoms with Gasteiger partial charge in [0, 0.05) is 17.1 Å². The molecule has 24 heavy (non-hydrogen) atoms. The quantitative estimate of drug-likeness (QED) is 0.616. The van der Waals surface area contributed by atoms with E-state index in [4.69, 9.17) is 4.74 Å². The van der Waals surface area contributed by atoms with Crippen molar-refractivity contribution in [1.82, 2.24) is 4.98 Å². The fourth-order valence-electron chi connectivity index (χ4n) is 2.17. The summed E-state index contributed by atoms with van der Waals surface area (Å²) in [6.07, 6.45) is 0.458. The van der Waals surface area contributed by atoms with Crippen molar-refractivity contribution in [2.75, 3.05) is 17.7 Å².